The molecule has 39 heavy (non-hydrogen) atoms. The highest BCUT2D eigenvalue weighted by Gasteiger charge is 2.23. The van der Waals surface area contributed by atoms with Crippen LogP contribution in [0.1, 0.15) is 68.0 Å². The monoisotopic (exact) mass is 525 g/mol. The van der Waals surface area contributed by atoms with Crippen molar-refractivity contribution in [2.45, 2.75) is 58.4 Å². The average molecular weight is 526 g/mol. The second-order valence-corrected chi connectivity index (χ2v) is 11.5. The van der Waals surface area contributed by atoms with E-state index in [4.69, 9.17) is 9.72 Å². The molecule has 2 aromatic carbocycles. The Hall–Kier alpha value is -3.71. The number of likely N-dealkylation sites (tertiary alicyclic amines) is 1. The molecular weight excluding hydrogens is 486 g/mol. The van der Waals surface area contributed by atoms with Crippen LogP contribution >= 0.6 is 0 Å². The zero-order chi connectivity index (χ0) is 27.6. The molecule has 7 nitrogen and oxygen atoms in total. The maximum Gasteiger partial charge on any atom is 0.270 e. The van der Waals surface area contributed by atoms with E-state index in [1.165, 1.54) is 17.5 Å². The summed E-state index contributed by atoms with van der Waals surface area (Å²) in [6.45, 7) is 11.6. The Morgan fingerprint density at radius 2 is 1.92 bits per heavy atom. The molecule has 1 amide bonds. The summed E-state index contributed by atoms with van der Waals surface area (Å²) in [6, 6.07) is 18.5. The van der Waals surface area contributed by atoms with Gasteiger partial charge in [-0.1, -0.05) is 52.0 Å². The maximum absolute atomic E-state index is 12.8. The predicted octanol–water partition coefficient (Wildman–Crippen LogP) is 5.86. The van der Waals surface area contributed by atoms with Crippen molar-refractivity contribution >= 4 is 16.9 Å². The standard InChI is InChI=1S/C32H39N5O2/c1-6-37-16-8-11-24(37)21-34-31(38)28-20-26(14-15-33-28)39-25-12-13-29-27(19-25)35-30(36(29)5)18-22-9-7-10-23(17-22)32(2,3)4/h7,9-10,12-15,17,19-20,24H,6,8,11,16,18,21H2,1-5H3,(H,34,38). The molecule has 0 saturated carbocycles. The van der Waals surface area contributed by atoms with E-state index in [1.54, 1.807) is 18.3 Å². The number of aryl methyl sites for hydroxylation is 1. The number of rotatable bonds is 8. The molecule has 5 rings (SSSR count). The van der Waals surface area contributed by atoms with Crippen molar-refractivity contribution in [1.82, 2.24) is 24.8 Å². The molecule has 1 aliphatic heterocycles. The van der Waals surface area contributed by atoms with Crippen molar-refractivity contribution in [3.63, 3.8) is 0 Å². The van der Waals surface area contributed by atoms with Crippen LogP contribution in [0.5, 0.6) is 11.5 Å². The molecule has 7 heteroatoms. The number of amides is 1. The van der Waals surface area contributed by atoms with Gasteiger partial charge in [0, 0.05) is 44.4 Å². The molecular formula is C32H39N5O2. The Kier molecular flexibility index (Phi) is 7.71. The van der Waals surface area contributed by atoms with Gasteiger partial charge in [-0.25, -0.2) is 4.98 Å². The number of ether oxygens (including phenoxy) is 1. The Bertz CT molecular complexity index is 1470. The van der Waals surface area contributed by atoms with Crippen LogP contribution in [-0.4, -0.2) is 51.0 Å². The Labute approximate surface area is 231 Å². The number of hydrogen-bond donors (Lipinski definition) is 1. The SMILES string of the molecule is CCN1CCCC1CNC(=O)c1cc(Oc2ccc3c(c2)nc(Cc2cccc(C(C)(C)C)c2)n3C)ccn1. The third-order valence-corrected chi connectivity index (χ3v) is 7.70. The van der Waals surface area contributed by atoms with E-state index in [2.05, 4.69) is 78.8 Å². The van der Waals surface area contributed by atoms with Gasteiger partial charge in [0.25, 0.3) is 5.91 Å². The minimum atomic E-state index is -0.177. The number of pyridine rings is 1. The molecule has 1 unspecified atom stereocenters. The largest absolute Gasteiger partial charge is 0.457 e. The van der Waals surface area contributed by atoms with E-state index in [0.29, 0.717) is 29.8 Å². The van der Waals surface area contributed by atoms with Crippen LogP contribution in [0.3, 0.4) is 0 Å². The molecule has 1 aliphatic rings. The number of likely N-dealkylation sites (N-methyl/N-ethyl adjacent to an activating group) is 1. The van der Waals surface area contributed by atoms with Crippen molar-refractivity contribution in [2.75, 3.05) is 19.6 Å². The molecule has 204 valence electrons. The smallest absolute Gasteiger partial charge is 0.270 e. The lowest BCUT2D eigenvalue weighted by Gasteiger charge is -2.22. The van der Waals surface area contributed by atoms with Crippen LogP contribution in [0.2, 0.25) is 0 Å². The van der Waals surface area contributed by atoms with Crippen LogP contribution in [0.25, 0.3) is 11.0 Å². The van der Waals surface area contributed by atoms with Crippen LogP contribution in [0.15, 0.2) is 60.8 Å². The van der Waals surface area contributed by atoms with Gasteiger partial charge in [0.1, 0.15) is 23.0 Å². The lowest BCUT2D eigenvalue weighted by molar-refractivity contribution is 0.0936. The molecule has 0 radical (unpaired) electrons. The number of carbonyl (C=O) groups is 1. The first-order chi connectivity index (χ1) is 18.7. The number of hydrogen-bond acceptors (Lipinski definition) is 5. The molecule has 1 saturated heterocycles. The van der Waals surface area contributed by atoms with Gasteiger partial charge >= 0.3 is 0 Å². The molecule has 0 spiro atoms. The number of carbonyl (C=O) groups excluding carboxylic acids is 1. The van der Waals surface area contributed by atoms with Gasteiger partial charge in [-0.3, -0.25) is 14.7 Å². The Balaban J connectivity index is 1.28. The second-order valence-electron chi connectivity index (χ2n) is 11.5. The average Bonchev–Trinajstić information content (AvgIpc) is 3.50. The molecule has 0 bridgehead atoms. The number of benzene rings is 2. The fourth-order valence-corrected chi connectivity index (χ4v) is 5.36. The quantitative estimate of drug-likeness (QED) is 0.312. The third kappa shape index (κ3) is 6.14. The zero-order valence-corrected chi connectivity index (χ0v) is 23.7. The molecule has 3 heterocycles. The van der Waals surface area contributed by atoms with E-state index >= 15 is 0 Å². The van der Waals surface area contributed by atoms with Crippen LogP contribution in [-0.2, 0) is 18.9 Å². The summed E-state index contributed by atoms with van der Waals surface area (Å²) in [7, 11) is 2.05. The van der Waals surface area contributed by atoms with E-state index in [9.17, 15) is 4.79 Å². The number of aromatic nitrogens is 3. The molecule has 4 aromatic rings. The van der Waals surface area contributed by atoms with Crippen molar-refractivity contribution < 1.29 is 9.53 Å². The van der Waals surface area contributed by atoms with E-state index in [1.807, 2.05) is 18.2 Å². The Morgan fingerprint density at radius 1 is 1.10 bits per heavy atom. The zero-order valence-electron chi connectivity index (χ0n) is 23.7. The molecule has 2 aromatic heterocycles. The second kappa shape index (κ2) is 11.2. The van der Waals surface area contributed by atoms with Crippen molar-refractivity contribution in [1.29, 1.82) is 0 Å². The van der Waals surface area contributed by atoms with Gasteiger partial charge in [0.2, 0.25) is 0 Å². The summed E-state index contributed by atoms with van der Waals surface area (Å²) in [6.07, 6.45) is 4.67. The highest BCUT2D eigenvalue weighted by atomic mass is 16.5. The number of fused-ring (bicyclic) bond motifs is 1. The Morgan fingerprint density at radius 3 is 2.72 bits per heavy atom. The fraction of sp³-hybridized carbons (Fsp3) is 0.406. The summed E-state index contributed by atoms with van der Waals surface area (Å²) < 4.78 is 8.27. The summed E-state index contributed by atoms with van der Waals surface area (Å²) in [5, 5.41) is 3.05. The first-order valence-electron chi connectivity index (χ1n) is 13.9. The minimum Gasteiger partial charge on any atom is -0.457 e. The molecule has 1 atom stereocenters. The highest BCUT2D eigenvalue weighted by Crippen LogP contribution is 2.28. The van der Waals surface area contributed by atoms with Gasteiger partial charge in [0.05, 0.1) is 11.0 Å². The summed E-state index contributed by atoms with van der Waals surface area (Å²) >= 11 is 0. The molecule has 1 fully saturated rings. The molecule has 1 N–H and O–H groups in total. The summed E-state index contributed by atoms with van der Waals surface area (Å²) in [5.41, 5.74) is 4.95. The van der Waals surface area contributed by atoms with Crippen LogP contribution in [0.4, 0.5) is 0 Å². The van der Waals surface area contributed by atoms with Crippen molar-refractivity contribution in [3.05, 3.63) is 83.4 Å². The van der Waals surface area contributed by atoms with Gasteiger partial charge in [-0.2, -0.15) is 0 Å². The van der Waals surface area contributed by atoms with Crippen LogP contribution in [0, 0.1) is 0 Å². The third-order valence-electron chi connectivity index (χ3n) is 7.70. The number of imidazole rings is 1. The topological polar surface area (TPSA) is 72.3 Å². The van der Waals surface area contributed by atoms with Gasteiger partial charge in [-0.05, 0) is 60.7 Å². The normalized spacial score (nSPS) is 16.1. The minimum absolute atomic E-state index is 0.105. The van der Waals surface area contributed by atoms with Gasteiger partial charge < -0.3 is 14.6 Å². The van der Waals surface area contributed by atoms with E-state index in [0.717, 1.165) is 42.8 Å². The summed E-state index contributed by atoms with van der Waals surface area (Å²) in [5.74, 6) is 2.06. The first kappa shape index (κ1) is 26.9. The van der Waals surface area contributed by atoms with E-state index in [-0.39, 0.29) is 11.3 Å². The lowest BCUT2D eigenvalue weighted by atomic mass is 9.86. The molecule has 0 aliphatic carbocycles. The van der Waals surface area contributed by atoms with Crippen LogP contribution < -0.4 is 10.1 Å². The van der Waals surface area contributed by atoms with Gasteiger partial charge in [0.15, 0.2) is 0 Å². The first-order valence-corrected chi connectivity index (χ1v) is 13.9. The van der Waals surface area contributed by atoms with E-state index < -0.39 is 0 Å². The van der Waals surface area contributed by atoms with Crippen molar-refractivity contribution in [2.24, 2.45) is 7.05 Å². The van der Waals surface area contributed by atoms with Crippen molar-refractivity contribution in [3.8, 4) is 11.5 Å². The highest BCUT2D eigenvalue weighted by molar-refractivity contribution is 5.92. The fourth-order valence-electron chi connectivity index (χ4n) is 5.36. The lowest BCUT2D eigenvalue weighted by Crippen LogP contribution is -2.40. The summed E-state index contributed by atoms with van der Waals surface area (Å²) in [4.78, 5) is 24.4. The maximum atomic E-state index is 12.8. The number of nitrogens with one attached hydrogen (secondary N) is 1. The number of nitrogens with zero attached hydrogens (tertiary/aromatic N) is 4. The predicted molar refractivity (Wildman–Crippen MR) is 156 cm³/mol. The van der Waals surface area contributed by atoms with Gasteiger partial charge in [-0.15, -0.1) is 0 Å².